The van der Waals surface area contributed by atoms with Crippen molar-refractivity contribution in [2.24, 2.45) is 0 Å². The molecule has 2 heterocycles. The molecule has 4 heteroatoms. The van der Waals surface area contributed by atoms with Crippen molar-refractivity contribution < 1.29 is 9.47 Å². The second-order valence-electron chi connectivity index (χ2n) is 5.10. The van der Waals surface area contributed by atoms with E-state index in [2.05, 4.69) is 17.1 Å². The molecule has 2 atom stereocenters. The number of nitrogens with zero attached hydrogens (tertiary/aromatic N) is 1. The van der Waals surface area contributed by atoms with E-state index in [1.807, 2.05) is 0 Å². The lowest BCUT2D eigenvalue weighted by atomic mass is 10.1. The monoisotopic (exact) mass is 242 g/mol. The van der Waals surface area contributed by atoms with E-state index >= 15 is 0 Å². The summed E-state index contributed by atoms with van der Waals surface area (Å²) in [5.74, 6) is 0. The molecule has 2 saturated heterocycles. The Morgan fingerprint density at radius 3 is 2.82 bits per heavy atom. The summed E-state index contributed by atoms with van der Waals surface area (Å²) in [7, 11) is 0. The Bertz CT molecular complexity index is 202. The molecule has 0 spiro atoms. The van der Waals surface area contributed by atoms with Gasteiger partial charge in [-0.05, 0) is 39.3 Å². The molecule has 0 radical (unpaired) electrons. The lowest BCUT2D eigenvalue weighted by Crippen LogP contribution is -2.40. The summed E-state index contributed by atoms with van der Waals surface area (Å²) in [5.41, 5.74) is 0. The third-order valence-corrected chi connectivity index (χ3v) is 3.74. The van der Waals surface area contributed by atoms with Crippen LogP contribution in [0.2, 0.25) is 0 Å². The first-order valence-electron chi connectivity index (χ1n) is 7.01. The minimum atomic E-state index is 0.443. The van der Waals surface area contributed by atoms with Gasteiger partial charge in [-0.1, -0.05) is 0 Å². The molecule has 100 valence electrons. The van der Waals surface area contributed by atoms with Crippen LogP contribution in [0.5, 0.6) is 0 Å². The molecule has 0 aliphatic carbocycles. The summed E-state index contributed by atoms with van der Waals surface area (Å²) in [4.78, 5) is 2.49. The molecule has 0 unspecified atom stereocenters. The van der Waals surface area contributed by atoms with Crippen LogP contribution in [0.15, 0.2) is 0 Å². The highest BCUT2D eigenvalue weighted by Gasteiger charge is 2.21. The SMILES string of the molecule is C[C@H](NCCCN1CCOCC1)[C@@H]1CCCO1. The zero-order chi connectivity index (χ0) is 11.9. The van der Waals surface area contributed by atoms with E-state index in [4.69, 9.17) is 9.47 Å². The van der Waals surface area contributed by atoms with E-state index in [1.54, 1.807) is 0 Å². The van der Waals surface area contributed by atoms with Gasteiger partial charge in [-0.3, -0.25) is 4.90 Å². The number of rotatable bonds is 6. The number of nitrogens with one attached hydrogen (secondary N) is 1. The van der Waals surface area contributed by atoms with Crippen molar-refractivity contribution in [2.45, 2.75) is 38.3 Å². The fourth-order valence-electron chi connectivity index (χ4n) is 2.59. The molecule has 17 heavy (non-hydrogen) atoms. The largest absolute Gasteiger partial charge is 0.379 e. The topological polar surface area (TPSA) is 33.7 Å². The second kappa shape index (κ2) is 7.31. The van der Waals surface area contributed by atoms with E-state index < -0.39 is 0 Å². The average Bonchev–Trinajstić information content (AvgIpc) is 2.89. The van der Waals surface area contributed by atoms with Gasteiger partial charge in [-0.15, -0.1) is 0 Å². The third kappa shape index (κ3) is 4.54. The zero-order valence-corrected chi connectivity index (χ0v) is 11.0. The van der Waals surface area contributed by atoms with Crippen molar-refractivity contribution in [3.63, 3.8) is 0 Å². The van der Waals surface area contributed by atoms with Crippen LogP contribution in [0.3, 0.4) is 0 Å². The molecule has 0 saturated carbocycles. The minimum absolute atomic E-state index is 0.443. The summed E-state index contributed by atoms with van der Waals surface area (Å²) in [5, 5.41) is 3.58. The first kappa shape index (κ1) is 13.3. The lowest BCUT2D eigenvalue weighted by molar-refractivity contribution is 0.0369. The summed E-state index contributed by atoms with van der Waals surface area (Å²) in [6.45, 7) is 9.48. The summed E-state index contributed by atoms with van der Waals surface area (Å²) in [6.07, 6.45) is 4.11. The first-order chi connectivity index (χ1) is 8.36. The molecule has 2 aliphatic rings. The van der Waals surface area contributed by atoms with Crippen LogP contribution in [0.25, 0.3) is 0 Å². The van der Waals surface area contributed by atoms with Crippen LogP contribution >= 0.6 is 0 Å². The van der Waals surface area contributed by atoms with Crippen molar-refractivity contribution >= 4 is 0 Å². The van der Waals surface area contributed by atoms with Gasteiger partial charge in [0, 0.05) is 25.7 Å². The van der Waals surface area contributed by atoms with Crippen molar-refractivity contribution in [2.75, 3.05) is 46.0 Å². The van der Waals surface area contributed by atoms with E-state index in [0.29, 0.717) is 12.1 Å². The maximum absolute atomic E-state index is 5.67. The quantitative estimate of drug-likeness (QED) is 0.701. The summed E-state index contributed by atoms with van der Waals surface area (Å²) >= 11 is 0. The number of hydrogen-bond donors (Lipinski definition) is 1. The Morgan fingerprint density at radius 2 is 2.12 bits per heavy atom. The van der Waals surface area contributed by atoms with Gasteiger partial charge in [-0.25, -0.2) is 0 Å². The fourth-order valence-corrected chi connectivity index (χ4v) is 2.59. The third-order valence-electron chi connectivity index (χ3n) is 3.74. The van der Waals surface area contributed by atoms with Gasteiger partial charge in [0.1, 0.15) is 0 Å². The highest BCUT2D eigenvalue weighted by Crippen LogP contribution is 2.15. The van der Waals surface area contributed by atoms with Gasteiger partial charge in [0.25, 0.3) is 0 Å². The summed E-state index contributed by atoms with van der Waals surface area (Å²) in [6, 6.07) is 0.502. The molecule has 2 rings (SSSR count). The maximum Gasteiger partial charge on any atom is 0.0726 e. The lowest BCUT2D eigenvalue weighted by Gasteiger charge is -2.27. The van der Waals surface area contributed by atoms with Crippen LogP contribution < -0.4 is 5.32 Å². The molecule has 2 aliphatic heterocycles. The van der Waals surface area contributed by atoms with Crippen LogP contribution in [-0.4, -0.2) is 63.0 Å². The Labute approximate surface area is 105 Å². The highest BCUT2D eigenvalue weighted by atomic mass is 16.5. The van der Waals surface area contributed by atoms with Crippen molar-refractivity contribution in [1.29, 1.82) is 0 Å². The van der Waals surface area contributed by atoms with Gasteiger partial charge in [0.2, 0.25) is 0 Å². The number of hydrogen-bond acceptors (Lipinski definition) is 4. The van der Waals surface area contributed by atoms with Crippen LogP contribution in [0, 0.1) is 0 Å². The fraction of sp³-hybridized carbons (Fsp3) is 1.00. The van der Waals surface area contributed by atoms with Crippen molar-refractivity contribution in [3.8, 4) is 0 Å². The molecule has 0 aromatic rings. The first-order valence-corrected chi connectivity index (χ1v) is 7.01. The molecular formula is C13H26N2O2. The molecule has 0 amide bonds. The van der Waals surface area contributed by atoms with E-state index in [9.17, 15) is 0 Å². The minimum Gasteiger partial charge on any atom is -0.379 e. The number of ether oxygens (including phenoxy) is 2. The van der Waals surface area contributed by atoms with Crippen LogP contribution in [-0.2, 0) is 9.47 Å². The van der Waals surface area contributed by atoms with E-state index in [-0.39, 0.29) is 0 Å². The standard InChI is InChI=1S/C13H26N2O2/c1-12(13-4-2-9-17-13)14-5-3-6-15-7-10-16-11-8-15/h12-14H,2-11H2,1H3/t12-,13-/m0/s1. The average molecular weight is 242 g/mol. The smallest absolute Gasteiger partial charge is 0.0726 e. The van der Waals surface area contributed by atoms with Crippen LogP contribution in [0.4, 0.5) is 0 Å². The molecule has 2 fully saturated rings. The molecule has 1 N–H and O–H groups in total. The van der Waals surface area contributed by atoms with Gasteiger partial charge < -0.3 is 14.8 Å². The van der Waals surface area contributed by atoms with Crippen LogP contribution in [0.1, 0.15) is 26.2 Å². The molecule has 0 aromatic carbocycles. The molecular weight excluding hydrogens is 216 g/mol. The predicted octanol–water partition coefficient (Wildman–Crippen LogP) is 0.866. The van der Waals surface area contributed by atoms with Crippen molar-refractivity contribution in [3.05, 3.63) is 0 Å². The zero-order valence-electron chi connectivity index (χ0n) is 11.0. The maximum atomic E-state index is 5.67. The Balaban J connectivity index is 1.50. The molecule has 0 aromatic heterocycles. The Kier molecular flexibility index (Phi) is 5.71. The van der Waals surface area contributed by atoms with Gasteiger partial charge in [-0.2, -0.15) is 0 Å². The predicted molar refractivity (Wildman–Crippen MR) is 68.3 cm³/mol. The molecule has 4 nitrogen and oxygen atoms in total. The van der Waals surface area contributed by atoms with Crippen molar-refractivity contribution in [1.82, 2.24) is 10.2 Å². The number of morpholine rings is 1. The van der Waals surface area contributed by atoms with E-state index in [0.717, 1.165) is 39.5 Å². The van der Waals surface area contributed by atoms with Gasteiger partial charge in [0.15, 0.2) is 0 Å². The van der Waals surface area contributed by atoms with Gasteiger partial charge in [0.05, 0.1) is 19.3 Å². The second-order valence-corrected chi connectivity index (χ2v) is 5.10. The highest BCUT2D eigenvalue weighted by molar-refractivity contribution is 4.76. The Hall–Kier alpha value is -0.160. The molecule has 0 bridgehead atoms. The summed E-state index contributed by atoms with van der Waals surface area (Å²) < 4.78 is 11.0. The van der Waals surface area contributed by atoms with Gasteiger partial charge >= 0.3 is 0 Å². The Morgan fingerprint density at radius 1 is 1.29 bits per heavy atom. The van der Waals surface area contributed by atoms with E-state index in [1.165, 1.54) is 25.8 Å². The normalized spacial score (nSPS) is 28.4.